The summed E-state index contributed by atoms with van der Waals surface area (Å²) in [5.41, 5.74) is 0.192. The van der Waals surface area contributed by atoms with E-state index in [1.54, 1.807) is 6.20 Å². The largest absolute Gasteiger partial charge is 0.465 e. The lowest BCUT2D eigenvalue weighted by molar-refractivity contribution is 0.0606. The quantitative estimate of drug-likeness (QED) is 0.823. The second kappa shape index (κ2) is 5.49. The fraction of sp³-hybridized carbons (Fsp3) is 0.667. The van der Waals surface area contributed by atoms with Crippen LogP contribution >= 0.6 is 11.3 Å². The van der Waals surface area contributed by atoms with E-state index in [0.29, 0.717) is 10.8 Å². The van der Waals surface area contributed by atoms with Crippen LogP contribution in [0.5, 0.6) is 0 Å². The van der Waals surface area contributed by atoms with E-state index in [2.05, 4.69) is 42.7 Å². The van der Waals surface area contributed by atoms with Gasteiger partial charge < -0.3 is 10.1 Å². The summed E-state index contributed by atoms with van der Waals surface area (Å²) in [6, 6.07) is 0. The number of thiazole rings is 1. The minimum absolute atomic E-state index is 0.192. The average molecular weight is 256 g/mol. The van der Waals surface area contributed by atoms with Crippen LogP contribution in [0.3, 0.4) is 0 Å². The summed E-state index contributed by atoms with van der Waals surface area (Å²) in [6.07, 6.45) is 1.54. The lowest BCUT2D eigenvalue weighted by atomic mass is 9.81. The summed E-state index contributed by atoms with van der Waals surface area (Å²) < 4.78 is 4.64. The van der Waals surface area contributed by atoms with E-state index in [1.165, 1.54) is 18.4 Å². The molecule has 1 aromatic rings. The predicted octanol–water partition coefficient (Wildman–Crippen LogP) is 3.02. The maximum atomic E-state index is 11.3. The molecule has 96 valence electrons. The molecule has 1 rings (SSSR count). The van der Waals surface area contributed by atoms with E-state index < -0.39 is 0 Å². The highest BCUT2D eigenvalue weighted by Gasteiger charge is 2.22. The van der Waals surface area contributed by atoms with Gasteiger partial charge in [-0.2, -0.15) is 0 Å². The van der Waals surface area contributed by atoms with E-state index in [-0.39, 0.29) is 11.4 Å². The zero-order valence-corrected chi connectivity index (χ0v) is 11.9. The molecule has 0 radical (unpaired) electrons. The predicted molar refractivity (Wildman–Crippen MR) is 70.6 cm³/mol. The summed E-state index contributed by atoms with van der Waals surface area (Å²) in [4.78, 5) is 15.9. The number of rotatable bonds is 5. The molecule has 0 unspecified atom stereocenters. The van der Waals surface area contributed by atoms with Crippen molar-refractivity contribution in [1.82, 2.24) is 4.98 Å². The summed E-state index contributed by atoms with van der Waals surface area (Å²) >= 11 is 1.32. The third-order valence-corrected chi connectivity index (χ3v) is 4.09. The average Bonchev–Trinajstić information content (AvgIpc) is 2.74. The van der Waals surface area contributed by atoms with Crippen molar-refractivity contribution >= 4 is 22.4 Å². The minimum atomic E-state index is -0.335. The van der Waals surface area contributed by atoms with E-state index >= 15 is 0 Å². The van der Waals surface area contributed by atoms with Gasteiger partial charge in [-0.15, -0.1) is 0 Å². The van der Waals surface area contributed by atoms with Crippen LogP contribution in [0.25, 0.3) is 0 Å². The monoisotopic (exact) mass is 256 g/mol. The van der Waals surface area contributed by atoms with Gasteiger partial charge in [-0.1, -0.05) is 39.0 Å². The Morgan fingerprint density at radius 1 is 1.59 bits per heavy atom. The van der Waals surface area contributed by atoms with E-state index in [4.69, 9.17) is 0 Å². The van der Waals surface area contributed by atoms with Crippen LogP contribution in [-0.2, 0) is 4.74 Å². The fourth-order valence-electron chi connectivity index (χ4n) is 1.06. The second-order valence-corrected chi connectivity index (χ2v) is 6.05. The summed E-state index contributed by atoms with van der Waals surface area (Å²) in [5, 5.41) is 4.03. The highest BCUT2D eigenvalue weighted by Crippen LogP contribution is 2.27. The molecule has 0 saturated carbocycles. The summed E-state index contributed by atoms with van der Waals surface area (Å²) in [5.74, 6) is 0.244. The van der Waals surface area contributed by atoms with Crippen molar-refractivity contribution < 1.29 is 9.53 Å². The maximum Gasteiger partial charge on any atom is 0.349 e. The number of carbonyl (C=O) groups excluding carboxylic acids is 1. The molecule has 1 heterocycles. The molecule has 0 amide bonds. The first-order valence-corrected chi connectivity index (χ1v) is 6.46. The number of nitrogens with one attached hydrogen (secondary N) is 1. The van der Waals surface area contributed by atoms with Crippen LogP contribution < -0.4 is 5.32 Å². The molecule has 0 aliphatic heterocycles. The van der Waals surface area contributed by atoms with Gasteiger partial charge in [-0.3, -0.25) is 0 Å². The molecule has 0 bridgehead atoms. The van der Waals surface area contributed by atoms with Gasteiger partial charge in [-0.25, -0.2) is 9.78 Å². The lowest BCUT2D eigenvalue weighted by Gasteiger charge is -2.29. The second-order valence-electron chi connectivity index (χ2n) is 5.02. The van der Waals surface area contributed by atoms with Crippen LogP contribution in [0, 0.1) is 11.3 Å². The van der Waals surface area contributed by atoms with Crippen molar-refractivity contribution in [2.24, 2.45) is 11.3 Å². The van der Waals surface area contributed by atoms with Crippen molar-refractivity contribution in [2.45, 2.75) is 27.7 Å². The zero-order valence-electron chi connectivity index (χ0n) is 11.0. The molecule has 1 aromatic heterocycles. The fourth-order valence-corrected chi connectivity index (χ4v) is 1.79. The van der Waals surface area contributed by atoms with Crippen LogP contribution in [0.2, 0.25) is 0 Å². The summed E-state index contributed by atoms with van der Waals surface area (Å²) in [7, 11) is 1.37. The Kier molecular flexibility index (Phi) is 4.51. The zero-order chi connectivity index (χ0) is 13.1. The third kappa shape index (κ3) is 3.70. The molecule has 17 heavy (non-hydrogen) atoms. The number of hydrogen-bond donors (Lipinski definition) is 1. The van der Waals surface area contributed by atoms with Gasteiger partial charge >= 0.3 is 5.97 Å². The van der Waals surface area contributed by atoms with Crippen LogP contribution in [0.15, 0.2) is 6.20 Å². The molecule has 0 fully saturated rings. The number of methoxy groups -OCH3 is 1. The van der Waals surface area contributed by atoms with Crippen LogP contribution in [-0.4, -0.2) is 24.6 Å². The molecule has 5 heteroatoms. The van der Waals surface area contributed by atoms with E-state index in [0.717, 1.165) is 11.7 Å². The summed E-state index contributed by atoms with van der Waals surface area (Å²) in [6.45, 7) is 9.64. The molecule has 4 nitrogen and oxygen atoms in total. The van der Waals surface area contributed by atoms with Crippen molar-refractivity contribution in [1.29, 1.82) is 0 Å². The third-order valence-electron chi connectivity index (χ3n) is 3.15. The van der Waals surface area contributed by atoms with Crippen LogP contribution in [0.4, 0.5) is 5.13 Å². The van der Waals surface area contributed by atoms with E-state index in [1.807, 2.05) is 0 Å². The Bertz CT molecular complexity index is 386. The molecule has 0 aliphatic carbocycles. The molecule has 1 N–H and O–H groups in total. The first kappa shape index (κ1) is 14.0. The Labute approximate surface area is 106 Å². The molecular formula is C12H20N2O2S. The molecule has 0 atom stereocenters. The number of nitrogens with zero attached hydrogens (tertiary/aromatic N) is 1. The molecule has 0 aliphatic rings. The number of anilines is 1. The Morgan fingerprint density at radius 2 is 2.24 bits per heavy atom. The molecule has 0 spiro atoms. The molecule has 0 saturated heterocycles. The number of esters is 1. The SMILES string of the molecule is COC(=O)c1cnc(NCC(C)(C)C(C)C)s1. The first-order chi connectivity index (χ1) is 7.86. The maximum absolute atomic E-state index is 11.3. The van der Waals surface area contributed by atoms with Gasteiger partial charge in [0.15, 0.2) is 5.13 Å². The minimum Gasteiger partial charge on any atom is -0.465 e. The van der Waals surface area contributed by atoms with Crippen molar-refractivity contribution in [3.05, 3.63) is 11.1 Å². The number of aromatic nitrogens is 1. The van der Waals surface area contributed by atoms with Crippen molar-refractivity contribution in [2.75, 3.05) is 19.0 Å². The Balaban J connectivity index is 2.59. The first-order valence-electron chi connectivity index (χ1n) is 5.65. The highest BCUT2D eigenvalue weighted by atomic mass is 32.1. The van der Waals surface area contributed by atoms with Gasteiger partial charge in [0.2, 0.25) is 0 Å². The highest BCUT2D eigenvalue weighted by molar-refractivity contribution is 7.17. The van der Waals surface area contributed by atoms with Gasteiger partial charge in [0, 0.05) is 6.54 Å². The number of hydrogen-bond acceptors (Lipinski definition) is 5. The number of ether oxygens (including phenoxy) is 1. The van der Waals surface area contributed by atoms with E-state index in [9.17, 15) is 4.79 Å². The van der Waals surface area contributed by atoms with Gasteiger partial charge in [0.05, 0.1) is 13.3 Å². The molecular weight excluding hydrogens is 236 g/mol. The standard InChI is InChI=1S/C12H20N2O2S/c1-8(2)12(3,4)7-14-11-13-6-9(17-11)10(15)16-5/h6,8H,7H2,1-5H3,(H,13,14). The Hall–Kier alpha value is -1.10. The van der Waals surface area contributed by atoms with Gasteiger partial charge in [0.25, 0.3) is 0 Å². The Morgan fingerprint density at radius 3 is 2.76 bits per heavy atom. The topological polar surface area (TPSA) is 51.2 Å². The van der Waals surface area contributed by atoms with Crippen molar-refractivity contribution in [3.8, 4) is 0 Å². The lowest BCUT2D eigenvalue weighted by Crippen LogP contribution is -2.28. The van der Waals surface area contributed by atoms with Gasteiger partial charge in [0.1, 0.15) is 4.88 Å². The molecule has 0 aromatic carbocycles. The number of carbonyl (C=O) groups is 1. The van der Waals surface area contributed by atoms with Gasteiger partial charge in [-0.05, 0) is 11.3 Å². The van der Waals surface area contributed by atoms with Crippen LogP contribution in [0.1, 0.15) is 37.4 Å². The normalized spacial score (nSPS) is 11.6. The smallest absolute Gasteiger partial charge is 0.349 e. The van der Waals surface area contributed by atoms with Crippen molar-refractivity contribution in [3.63, 3.8) is 0 Å².